The Hall–Kier alpha value is -1.99. The number of nitrogens with one attached hydrogen (secondary N) is 1. The lowest BCUT2D eigenvalue weighted by molar-refractivity contribution is 0.0462. The number of fused-ring (bicyclic) bond motifs is 3. The smallest absolute Gasteiger partial charge is 0.339 e. The van der Waals surface area contributed by atoms with E-state index >= 15 is 0 Å². The zero-order valence-corrected chi connectivity index (χ0v) is 16.6. The van der Waals surface area contributed by atoms with E-state index < -0.39 is 0 Å². The van der Waals surface area contributed by atoms with Gasteiger partial charge < -0.3 is 9.72 Å². The summed E-state index contributed by atoms with van der Waals surface area (Å²) in [6.45, 7) is 6.07. The molecular formula is C19H20N2O3S2. The van der Waals surface area contributed by atoms with Gasteiger partial charge in [-0.1, -0.05) is 6.92 Å². The van der Waals surface area contributed by atoms with Crippen LogP contribution in [0.3, 0.4) is 0 Å². The fraction of sp³-hybridized carbons (Fsp3) is 0.421. The molecule has 136 valence electrons. The van der Waals surface area contributed by atoms with E-state index in [1.165, 1.54) is 4.88 Å². The molecule has 3 aromatic heterocycles. The van der Waals surface area contributed by atoms with Crippen molar-refractivity contribution in [1.82, 2.24) is 9.97 Å². The lowest BCUT2D eigenvalue weighted by Crippen LogP contribution is -2.16. The minimum absolute atomic E-state index is 0.0304. The second kappa shape index (κ2) is 6.63. The molecule has 1 aliphatic rings. The number of carbonyl (C=O) groups is 1. The molecule has 4 rings (SSSR count). The summed E-state index contributed by atoms with van der Waals surface area (Å²) in [6.07, 6.45) is 3.06. The Labute approximate surface area is 159 Å². The van der Waals surface area contributed by atoms with Gasteiger partial charge in [-0.05, 0) is 50.7 Å². The molecule has 26 heavy (non-hydrogen) atoms. The first-order valence-electron chi connectivity index (χ1n) is 8.70. The van der Waals surface area contributed by atoms with Crippen LogP contribution in [0, 0.1) is 19.8 Å². The van der Waals surface area contributed by atoms with Crippen LogP contribution in [0.15, 0.2) is 10.9 Å². The lowest BCUT2D eigenvalue weighted by Gasteiger charge is -2.17. The highest BCUT2D eigenvalue weighted by molar-refractivity contribution is 7.18. The Balaban J connectivity index is 1.59. The minimum Gasteiger partial charge on any atom is -0.454 e. The molecule has 0 bridgehead atoms. The Bertz CT molecular complexity index is 1060. The van der Waals surface area contributed by atoms with Crippen LogP contribution in [0.25, 0.3) is 10.2 Å². The van der Waals surface area contributed by atoms with Gasteiger partial charge in [0.05, 0.1) is 10.9 Å². The number of aryl methyl sites for hydroxylation is 3. The maximum Gasteiger partial charge on any atom is 0.339 e. The fourth-order valence-electron chi connectivity index (χ4n) is 3.51. The number of hydrogen-bond donors (Lipinski definition) is 1. The standard InChI is InChI=1S/C19H20N2O3S2/c1-9-4-5-12-14(6-9)26-18-16(12)17(22)20-15(21-18)8-24-19(23)13-7-10(2)25-11(13)3/h7,9H,4-6,8H2,1-3H3,(H,20,21,22)/t9-/m1/s1. The van der Waals surface area contributed by atoms with Crippen LogP contribution < -0.4 is 5.56 Å². The van der Waals surface area contributed by atoms with Gasteiger partial charge in [-0.15, -0.1) is 22.7 Å². The van der Waals surface area contributed by atoms with Gasteiger partial charge in [0.15, 0.2) is 0 Å². The van der Waals surface area contributed by atoms with E-state index in [9.17, 15) is 9.59 Å². The van der Waals surface area contributed by atoms with Crippen LogP contribution in [0.5, 0.6) is 0 Å². The van der Waals surface area contributed by atoms with Crippen molar-refractivity contribution in [1.29, 1.82) is 0 Å². The quantitative estimate of drug-likeness (QED) is 0.684. The Morgan fingerprint density at radius 3 is 2.92 bits per heavy atom. The molecule has 0 amide bonds. The molecule has 0 fully saturated rings. The van der Waals surface area contributed by atoms with E-state index in [1.54, 1.807) is 22.7 Å². The summed E-state index contributed by atoms with van der Waals surface area (Å²) in [5.74, 6) is 0.661. The molecule has 0 aromatic carbocycles. The van der Waals surface area contributed by atoms with Crippen molar-refractivity contribution in [3.63, 3.8) is 0 Å². The van der Waals surface area contributed by atoms with E-state index in [-0.39, 0.29) is 18.1 Å². The molecule has 0 spiro atoms. The highest BCUT2D eigenvalue weighted by atomic mass is 32.1. The predicted molar refractivity (Wildman–Crippen MR) is 104 cm³/mol. The van der Waals surface area contributed by atoms with Crippen molar-refractivity contribution >= 4 is 38.9 Å². The third-order valence-electron chi connectivity index (χ3n) is 4.82. The SMILES string of the molecule is Cc1cc(C(=O)OCc2nc3sc4c(c3c(=O)[nH]2)CC[C@@H](C)C4)c(C)s1. The van der Waals surface area contributed by atoms with E-state index in [1.807, 2.05) is 19.9 Å². The van der Waals surface area contributed by atoms with Crippen LogP contribution >= 0.6 is 22.7 Å². The van der Waals surface area contributed by atoms with Gasteiger partial charge in [-0.25, -0.2) is 9.78 Å². The number of aromatic nitrogens is 2. The number of rotatable bonds is 3. The normalized spacial score (nSPS) is 16.7. The van der Waals surface area contributed by atoms with Crippen LogP contribution in [0.2, 0.25) is 0 Å². The summed E-state index contributed by atoms with van der Waals surface area (Å²) >= 11 is 3.16. The number of H-pyrrole nitrogens is 1. The zero-order valence-electron chi connectivity index (χ0n) is 15.0. The van der Waals surface area contributed by atoms with Crippen molar-refractivity contribution in [2.45, 2.75) is 46.6 Å². The van der Waals surface area contributed by atoms with Gasteiger partial charge in [0, 0.05) is 14.6 Å². The zero-order chi connectivity index (χ0) is 18.4. The summed E-state index contributed by atoms with van der Waals surface area (Å²) in [6, 6.07) is 1.83. The molecule has 1 atom stereocenters. The molecule has 0 saturated carbocycles. The third-order valence-corrected chi connectivity index (χ3v) is 6.93. The average Bonchev–Trinajstić information content (AvgIpc) is 3.11. The van der Waals surface area contributed by atoms with Gasteiger partial charge in [-0.3, -0.25) is 4.79 Å². The Morgan fingerprint density at radius 2 is 2.19 bits per heavy atom. The summed E-state index contributed by atoms with van der Waals surface area (Å²) in [5, 5.41) is 0.719. The molecule has 0 radical (unpaired) electrons. The summed E-state index contributed by atoms with van der Waals surface area (Å²) in [4.78, 5) is 36.2. The molecule has 0 aliphatic heterocycles. The molecule has 7 heteroatoms. The van der Waals surface area contributed by atoms with Gasteiger partial charge in [0.1, 0.15) is 17.3 Å². The van der Waals surface area contributed by atoms with Gasteiger partial charge in [0.2, 0.25) is 0 Å². The molecule has 0 unspecified atom stereocenters. The van der Waals surface area contributed by atoms with Crippen LogP contribution in [0.4, 0.5) is 0 Å². The molecular weight excluding hydrogens is 368 g/mol. The summed E-state index contributed by atoms with van der Waals surface area (Å²) in [5.41, 5.74) is 1.61. The van der Waals surface area contributed by atoms with Crippen molar-refractivity contribution in [2.75, 3.05) is 0 Å². The topological polar surface area (TPSA) is 72.0 Å². The van der Waals surface area contributed by atoms with E-state index in [2.05, 4.69) is 16.9 Å². The third kappa shape index (κ3) is 3.10. The number of thiophene rings is 2. The Kier molecular flexibility index (Phi) is 4.44. The largest absolute Gasteiger partial charge is 0.454 e. The summed E-state index contributed by atoms with van der Waals surface area (Å²) in [7, 11) is 0. The second-order valence-electron chi connectivity index (χ2n) is 6.95. The molecule has 0 saturated heterocycles. The van der Waals surface area contributed by atoms with E-state index in [0.29, 0.717) is 17.3 Å². The van der Waals surface area contributed by atoms with Crippen LogP contribution in [-0.4, -0.2) is 15.9 Å². The first kappa shape index (κ1) is 17.4. The molecule has 5 nitrogen and oxygen atoms in total. The maximum atomic E-state index is 12.6. The second-order valence-corrected chi connectivity index (χ2v) is 9.49. The van der Waals surface area contributed by atoms with Gasteiger partial charge >= 0.3 is 5.97 Å². The number of nitrogens with zero attached hydrogens (tertiary/aromatic N) is 1. The molecule has 1 aliphatic carbocycles. The molecule has 1 N–H and O–H groups in total. The average molecular weight is 389 g/mol. The number of hydrogen-bond acceptors (Lipinski definition) is 6. The highest BCUT2D eigenvalue weighted by Crippen LogP contribution is 2.35. The first-order chi connectivity index (χ1) is 12.4. The first-order valence-corrected chi connectivity index (χ1v) is 10.3. The number of ether oxygens (including phenoxy) is 1. The number of esters is 1. The van der Waals surface area contributed by atoms with Gasteiger partial charge in [-0.2, -0.15) is 0 Å². The van der Waals surface area contributed by atoms with Crippen molar-refractivity contribution in [2.24, 2.45) is 5.92 Å². The minimum atomic E-state index is -0.381. The predicted octanol–water partition coefficient (Wildman–Crippen LogP) is 4.14. The maximum absolute atomic E-state index is 12.6. The highest BCUT2D eigenvalue weighted by Gasteiger charge is 2.23. The van der Waals surface area contributed by atoms with E-state index in [4.69, 9.17) is 4.74 Å². The fourth-order valence-corrected chi connectivity index (χ4v) is 5.82. The van der Waals surface area contributed by atoms with Crippen molar-refractivity contribution in [3.05, 3.63) is 48.0 Å². The monoisotopic (exact) mass is 388 g/mol. The lowest BCUT2D eigenvalue weighted by atomic mass is 9.89. The molecule has 3 heterocycles. The van der Waals surface area contributed by atoms with Gasteiger partial charge in [0.25, 0.3) is 5.56 Å². The molecule has 3 aromatic rings. The Morgan fingerprint density at radius 1 is 1.38 bits per heavy atom. The number of aromatic amines is 1. The summed E-state index contributed by atoms with van der Waals surface area (Å²) < 4.78 is 5.37. The van der Waals surface area contributed by atoms with Crippen molar-refractivity contribution in [3.8, 4) is 0 Å². The van der Waals surface area contributed by atoms with Crippen molar-refractivity contribution < 1.29 is 9.53 Å². The van der Waals surface area contributed by atoms with Crippen LogP contribution in [0.1, 0.15) is 49.7 Å². The van der Waals surface area contributed by atoms with Crippen LogP contribution in [-0.2, 0) is 24.2 Å². The number of carbonyl (C=O) groups excluding carboxylic acids is 1. The van der Waals surface area contributed by atoms with E-state index in [0.717, 1.165) is 44.8 Å².